The van der Waals surface area contributed by atoms with Crippen molar-refractivity contribution in [3.8, 4) is 0 Å². The van der Waals surface area contributed by atoms with E-state index in [-0.39, 0.29) is 5.91 Å². The number of nitrogens with zero attached hydrogens (tertiary/aromatic N) is 2. The number of halogens is 2. The Kier molecular flexibility index (Phi) is 6.98. The van der Waals surface area contributed by atoms with Crippen molar-refractivity contribution in [2.45, 2.75) is 25.4 Å². The van der Waals surface area contributed by atoms with Crippen LogP contribution >= 0.6 is 35.1 Å². The van der Waals surface area contributed by atoms with Gasteiger partial charge in [-0.3, -0.25) is 4.79 Å². The fraction of sp³-hybridized carbons (Fsp3) is 0.409. The van der Waals surface area contributed by atoms with E-state index in [0.29, 0.717) is 27.4 Å². The number of hydrogen-bond acceptors (Lipinski definition) is 5. The predicted octanol–water partition coefficient (Wildman–Crippen LogP) is 5.72. The SMILES string of the molecule is COC1CCN(c2cc(Cl)cc(NC(=O)c3cc(N4CCCS4)ccc3Cl)c2)CC1. The van der Waals surface area contributed by atoms with Gasteiger partial charge >= 0.3 is 0 Å². The molecule has 2 saturated heterocycles. The molecule has 30 heavy (non-hydrogen) atoms. The summed E-state index contributed by atoms with van der Waals surface area (Å²) in [6, 6.07) is 11.3. The Morgan fingerprint density at radius 2 is 1.90 bits per heavy atom. The maximum Gasteiger partial charge on any atom is 0.257 e. The number of carbonyl (C=O) groups is 1. The first-order chi connectivity index (χ1) is 14.5. The molecule has 2 aromatic rings. The molecule has 4 rings (SSSR count). The van der Waals surface area contributed by atoms with Gasteiger partial charge < -0.3 is 19.3 Å². The van der Waals surface area contributed by atoms with Gasteiger partial charge in [0.2, 0.25) is 0 Å². The Morgan fingerprint density at radius 3 is 2.60 bits per heavy atom. The first kappa shape index (κ1) is 21.6. The van der Waals surface area contributed by atoms with Crippen LogP contribution in [0.1, 0.15) is 29.6 Å². The van der Waals surface area contributed by atoms with Crippen molar-refractivity contribution < 1.29 is 9.53 Å². The van der Waals surface area contributed by atoms with Crippen LogP contribution in [0.5, 0.6) is 0 Å². The van der Waals surface area contributed by atoms with Crippen molar-refractivity contribution >= 4 is 58.1 Å². The molecule has 2 heterocycles. The van der Waals surface area contributed by atoms with E-state index < -0.39 is 0 Å². The van der Waals surface area contributed by atoms with Crippen LogP contribution in [0.4, 0.5) is 17.1 Å². The summed E-state index contributed by atoms with van der Waals surface area (Å²) in [4.78, 5) is 15.3. The zero-order chi connectivity index (χ0) is 21.1. The van der Waals surface area contributed by atoms with Crippen molar-refractivity contribution in [1.82, 2.24) is 0 Å². The van der Waals surface area contributed by atoms with Gasteiger partial charge in [-0.25, -0.2) is 0 Å². The molecule has 2 aromatic carbocycles. The number of hydrogen-bond donors (Lipinski definition) is 1. The van der Waals surface area contributed by atoms with Crippen molar-refractivity contribution in [3.63, 3.8) is 0 Å². The largest absolute Gasteiger partial charge is 0.381 e. The minimum Gasteiger partial charge on any atom is -0.381 e. The summed E-state index contributed by atoms with van der Waals surface area (Å²) < 4.78 is 7.66. The summed E-state index contributed by atoms with van der Waals surface area (Å²) in [5.74, 6) is 0.856. The minimum absolute atomic E-state index is 0.239. The standard InChI is InChI=1S/C22H25Cl2N3O2S/c1-29-19-5-8-26(9-6-19)18-12-15(23)11-16(13-18)25-22(28)20-14-17(3-4-21(20)24)27-7-2-10-30-27/h3-4,11-14,19H,2,5-10H2,1H3,(H,25,28). The summed E-state index contributed by atoms with van der Waals surface area (Å²) in [7, 11) is 1.76. The van der Waals surface area contributed by atoms with Crippen LogP contribution in [0.2, 0.25) is 10.0 Å². The van der Waals surface area contributed by atoms with Gasteiger partial charge in [0.05, 0.1) is 16.7 Å². The molecule has 0 saturated carbocycles. The highest BCUT2D eigenvalue weighted by atomic mass is 35.5. The van der Waals surface area contributed by atoms with Gasteiger partial charge in [0.1, 0.15) is 0 Å². The number of rotatable bonds is 5. The lowest BCUT2D eigenvalue weighted by atomic mass is 10.1. The zero-order valence-electron chi connectivity index (χ0n) is 16.9. The lowest BCUT2D eigenvalue weighted by molar-refractivity contribution is 0.0819. The quantitative estimate of drug-likeness (QED) is 0.571. The number of methoxy groups -OCH3 is 1. The summed E-state index contributed by atoms with van der Waals surface area (Å²) in [5, 5.41) is 4.00. The van der Waals surface area contributed by atoms with Crippen molar-refractivity contribution in [3.05, 3.63) is 52.0 Å². The van der Waals surface area contributed by atoms with Gasteiger partial charge in [0.15, 0.2) is 0 Å². The smallest absolute Gasteiger partial charge is 0.257 e. The van der Waals surface area contributed by atoms with E-state index in [4.69, 9.17) is 27.9 Å². The number of piperidine rings is 1. The van der Waals surface area contributed by atoms with E-state index in [9.17, 15) is 4.79 Å². The summed E-state index contributed by atoms with van der Waals surface area (Å²) >= 11 is 14.5. The third-order valence-corrected chi connectivity index (χ3v) is 7.24. The Balaban J connectivity index is 1.51. The highest BCUT2D eigenvalue weighted by Crippen LogP contribution is 2.32. The molecule has 2 aliphatic heterocycles. The second kappa shape index (κ2) is 9.69. The van der Waals surface area contributed by atoms with E-state index in [0.717, 1.165) is 56.0 Å². The molecule has 0 aliphatic carbocycles. The average molecular weight is 466 g/mol. The maximum absolute atomic E-state index is 13.0. The highest BCUT2D eigenvalue weighted by molar-refractivity contribution is 8.00. The minimum atomic E-state index is -0.239. The van der Waals surface area contributed by atoms with Crippen molar-refractivity contribution in [2.24, 2.45) is 0 Å². The Hall–Kier alpha value is -1.60. The number of anilines is 3. The van der Waals surface area contributed by atoms with Gasteiger partial charge in [0.25, 0.3) is 5.91 Å². The molecule has 8 heteroatoms. The Morgan fingerprint density at radius 1 is 1.10 bits per heavy atom. The Bertz CT molecular complexity index is 913. The van der Waals surface area contributed by atoms with Gasteiger partial charge in [-0.05, 0) is 67.6 Å². The molecule has 0 atom stereocenters. The molecule has 1 amide bonds. The molecular formula is C22H25Cl2N3O2S. The van der Waals surface area contributed by atoms with E-state index in [1.54, 1.807) is 31.2 Å². The maximum atomic E-state index is 13.0. The monoisotopic (exact) mass is 465 g/mol. The van der Waals surface area contributed by atoms with Gasteiger partial charge in [-0.2, -0.15) is 0 Å². The molecule has 2 fully saturated rings. The van der Waals surface area contributed by atoms with E-state index >= 15 is 0 Å². The van der Waals surface area contributed by atoms with Gasteiger partial charge in [0, 0.05) is 54.6 Å². The fourth-order valence-corrected chi connectivity index (χ4v) is 5.30. The molecular weight excluding hydrogens is 441 g/mol. The van der Waals surface area contributed by atoms with Gasteiger partial charge in [-0.1, -0.05) is 23.2 Å². The highest BCUT2D eigenvalue weighted by Gasteiger charge is 2.21. The lowest BCUT2D eigenvalue weighted by Gasteiger charge is -2.33. The predicted molar refractivity (Wildman–Crippen MR) is 128 cm³/mol. The van der Waals surface area contributed by atoms with Crippen LogP contribution in [-0.4, -0.2) is 44.5 Å². The average Bonchev–Trinajstić information content (AvgIpc) is 3.28. The number of carbonyl (C=O) groups excluding carboxylic acids is 1. The van der Waals surface area contributed by atoms with Crippen molar-refractivity contribution in [1.29, 1.82) is 0 Å². The fourth-order valence-electron chi connectivity index (χ4n) is 3.87. The van der Waals surface area contributed by atoms with Crippen LogP contribution < -0.4 is 14.5 Å². The van der Waals surface area contributed by atoms with E-state index in [1.807, 2.05) is 24.3 Å². The molecule has 0 bridgehead atoms. The molecule has 0 spiro atoms. The first-order valence-electron chi connectivity index (χ1n) is 10.1. The van der Waals surface area contributed by atoms with Crippen LogP contribution in [0.15, 0.2) is 36.4 Å². The molecule has 0 unspecified atom stereocenters. The molecule has 2 aliphatic rings. The zero-order valence-corrected chi connectivity index (χ0v) is 19.2. The summed E-state index contributed by atoms with van der Waals surface area (Å²) in [6.07, 6.45) is 3.40. The van der Waals surface area contributed by atoms with Crippen LogP contribution in [0.3, 0.4) is 0 Å². The second-order valence-electron chi connectivity index (χ2n) is 7.53. The third-order valence-electron chi connectivity index (χ3n) is 5.52. The van der Waals surface area contributed by atoms with Gasteiger partial charge in [-0.15, -0.1) is 0 Å². The molecule has 160 valence electrons. The third kappa shape index (κ3) is 4.99. The number of ether oxygens (including phenoxy) is 1. The molecule has 5 nitrogen and oxygen atoms in total. The van der Waals surface area contributed by atoms with E-state index in [2.05, 4.69) is 14.5 Å². The van der Waals surface area contributed by atoms with Crippen LogP contribution in [-0.2, 0) is 4.74 Å². The first-order valence-corrected chi connectivity index (χ1v) is 11.8. The molecule has 0 radical (unpaired) electrons. The number of benzene rings is 2. The Labute approximate surface area is 191 Å². The summed E-state index contributed by atoms with van der Waals surface area (Å²) in [6.45, 7) is 2.77. The topological polar surface area (TPSA) is 44.8 Å². The second-order valence-corrected chi connectivity index (χ2v) is 9.48. The molecule has 1 N–H and O–H groups in total. The lowest BCUT2D eigenvalue weighted by Crippen LogP contribution is -2.36. The van der Waals surface area contributed by atoms with Crippen LogP contribution in [0, 0.1) is 0 Å². The number of nitrogens with one attached hydrogen (secondary N) is 1. The normalized spacial score (nSPS) is 17.4. The van der Waals surface area contributed by atoms with Crippen molar-refractivity contribution in [2.75, 3.05) is 47.0 Å². The summed E-state index contributed by atoms with van der Waals surface area (Å²) in [5.41, 5.74) is 3.12. The van der Waals surface area contributed by atoms with E-state index in [1.165, 1.54) is 0 Å². The molecule has 0 aromatic heterocycles. The van der Waals surface area contributed by atoms with Crippen LogP contribution in [0.25, 0.3) is 0 Å². The number of amides is 1.